The Hall–Kier alpha value is -0.420. The highest BCUT2D eigenvalue weighted by molar-refractivity contribution is 7.85. The maximum absolute atomic E-state index is 11.3. The summed E-state index contributed by atoms with van der Waals surface area (Å²) in [5.41, 5.74) is -1.30. The Bertz CT molecular complexity index is 371. The van der Waals surface area contributed by atoms with Crippen molar-refractivity contribution in [2.45, 2.75) is 40.0 Å². The van der Waals surface area contributed by atoms with Gasteiger partial charge >= 0.3 is 0 Å². The third kappa shape index (κ3) is 2.15. The van der Waals surface area contributed by atoms with Crippen LogP contribution in [0.3, 0.4) is 0 Å². The molecule has 0 aromatic rings. The molecule has 1 fully saturated rings. The fraction of sp³-hybridized carbons (Fsp3) is 0.909. The molecule has 2 atom stereocenters. The summed E-state index contributed by atoms with van der Waals surface area (Å²) in [4.78, 5) is 11.3. The van der Waals surface area contributed by atoms with E-state index in [1.165, 1.54) is 0 Å². The van der Waals surface area contributed by atoms with E-state index in [9.17, 15) is 13.2 Å². The molecule has 4 nitrogen and oxygen atoms in total. The van der Waals surface area contributed by atoms with Crippen LogP contribution in [0.4, 0.5) is 0 Å². The van der Waals surface area contributed by atoms with Crippen molar-refractivity contribution in [2.75, 3.05) is 5.75 Å². The van der Waals surface area contributed by atoms with Crippen molar-refractivity contribution in [3.63, 3.8) is 0 Å². The van der Waals surface area contributed by atoms with Crippen LogP contribution in [0, 0.1) is 16.7 Å². The number of rotatable bonds is 4. The van der Waals surface area contributed by atoms with Gasteiger partial charge in [-0.1, -0.05) is 27.2 Å². The number of hydrogen-bond acceptors (Lipinski definition) is 3. The Balaban J connectivity index is 3.11. The first kappa shape index (κ1) is 13.6. The Morgan fingerprint density at radius 3 is 2.31 bits per heavy atom. The van der Waals surface area contributed by atoms with Gasteiger partial charge in [0.15, 0.2) is 0 Å². The van der Waals surface area contributed by atoms with Gasteiger partial charge < -0.3 is 4.79 Å². The molecule has 0 spiro atoms. The van der Waals surface area contributed by atoms with E-state index in [1.807, 2.05) is 20.8 Å². The van der Waals surface area contributed by atoms with Gasteiger partial charge in [0, 0.05) is 5.41 Å². The Kier molecular flexibility index (Phi) is 3.50. The average Bonchev–Trinajstić information content (AvgIpc) is 2.36. The smallest absolute Gasteiger partial charge is 0.265 e. The second-order valence-corrected chi connectivity index (χ2v) is 6.82. The third-order valence-electron chi connectivity index (χ3n) is 4.40. The van der Waals surface area contributed by atoms with E-state index in [1.54, 1.807) is 0 Å². The Labute approximate surface area is 97.2 Å². The molecule has 0 radical (unpaired) electrons. The van der Waals surface area contributed by atoms with E-state index < -0.39 is 21.3 Å². The van der Waals surface area contributed by atoms with E-state index in [0.29, 0.717) is 12.3 Å². The highest BCUT2D eigenvalue weighted by Gasteiger charge is 2.55. The first-order valence-corrected chi connectivity index (χ1v) is 7.21. The lowest BCUT2D eigenvalue weighted by Crippen LogP contribution is -2.43. The first-order chi connectivity index (χ1) is 7.18. The standard InChI is InChI=1S/C11H20O4S/c1-4-9-5-6-11(7-12,10(9,2)3)8-16(13,14)15/h7,9H,4-6,8H2,1-3H3,(H,13,14,15)/t9?,11-/m0/s1. The monoisotopic (exact) mass is 248 g/mol. The molecule has 0 bridgehead atoms. The van der Waals surface area contributed by atoms with Crippen LogP contribution in [-0.2, 0) is 14.9 Å². The predicted molar refractivity (Wildman–Crippen MR) is 61.7 cm³/mol. The Morgan fingerprint density at radius 2 is 2.00 bits per heavy atom. The number of hydrogen-bond donors (Lipinski definition) is 1. The van der Waals surface area contributed by atoms with E-state index in [2.05, 4.69) is 0 Å². The molecular formula is C11H20O4S. The third-order valence-corrected chi connectivity index (χ3v) is 5.28. The van der Waals surface area contributed by atoms with Crippen LogP contribution in [0.15, 0.2) is 0 Å². The molecule has 0 aromatic heterocycles. The summed E-state index contributed by atoms with van der Waals surface area (Å²) in [6.07, 6.45) is 3.05. The molecule has 0 heterocycles. The predicted octanol–water partition coefficient (Wildman–Crippen LogP) is 1.91. The zero-order valence-corrected chi connectivity index (χ0v) is 10.9. The van der Waals surface area contributed by atoms with Gasteiger partial charge in [-0.3, -0.25) is 4.55 Å². The summed E-state index contributed by atoms with van der Waals surface area (Å²) in [6.45, 7) is 5.89. The van der Waals surface area contributed by atoms with E-state index in [-0.39, 0.29) is 5.41 Å². The lowest BCUT2D eigenvalue weighted by atomic mass is 9.66. The van der Waals surface area contributed by atoms with E-state index >= 15 is 0 Å². The molecule has 1 unspecified atom stereocenters. The molecule has 1 aliphatic rings. The molecule has 0 aromatic carbocycles. The fourth-order valence-electron chi connectivity index (χ4n) is 3.06. The van der Waals surface area contributed by atoms with Crippen molar-refractivity contribution in [1.29, 1.82) is 0 Å². The quantitative estimate of drug-likeness (QED) is 0.609. The van der Waals surface area contributed by atoms with Crippen molar-refractivity contribution >= 4 is 16.4 Å². The van der Waals surface area contributed by atoms with Crippen LogP contribution in [0.1, 0.15) is 40.0 Å². The van der Waals surface area contributed by atoms with Crippen LogP contribution >= 0.6 is 0 Å². The van der Waals surface area contributed by atoms with Gasteiger partial charge in [0.2, 0.25) is 0 Å². The second kappa shape index (κ2) is 4.11. The maximum Gasteiger partial charge on any atom is 0.265 e. The zero-order chi connectivity index (χ0) is 12.6. The van der Waals surface area contributed by atoms with Crippen molar-refractivity contribution in [2.24, 2.45) is 16.7 Å². The minimum Gasteiger partial charge on any atom is -0.303 e. The normalized spacial score (nSPS) is 33.9. The van der Waals surface area contributed by atoms with Gasteiger partial charge in [-0.25, -0.2) is 0 Å². The number of aldehydes is 1. The minimum absolute atomic E-state index is 0.333. The highest BCUT2D eigenvalue weighted by atomic mass is 32.2. The van der Waals surface area contributed by atoms with Crippen molar-refractivity contribution in [3.8, 4) is 0 Å². The molecule has 1 rings (SSSR count). The van der Waals surface area contributed by atoms with Crippen molar-refractivity contribution in [1.82, 2.24) is 0 Å². The molecule has 0 amide bonds. The molecule has 0 aliphatic heterocycles. The van der Waals surface area contributed by atoms with Gasteiger partial charge in [0.25, 0.3) is 10.1 Å². The van der Waals surface area contributed by atoms with Gasteiger partial charge in [-0.15, -0.1) is 0 Å². The molecule has 16 heavy (non-hydrogen) atoms. The number of carbonyl (C=O) groups excluding carboxylic acids is 1. The highest BCUT2D eigenvalue weighted by Crippen LogP contribution is 2.56. The van der Waals surface area contributed by atoms with E-state index in [4.69, 9.17) is 4.55 Å². The minimum atomic E-state index is -4.11. The van der Waals surface area contributed by atoms with Gasteiger partial charge in [-0.2, -0.15) is 8.42 Å². The summed E-state index contributed by atoms with van der Waals surface area (Å²) < 4.78 is 31.0. The first-order valence-electron chi connectivity index (χ1n) is 5.60. The molecule has 1 N–H and O–H groups in total. The van der Waals surface area contributed by atoms with Crippen LogP contribution in [0.2, 0.25) is 0 Å². The SMILES string of the molecule is CCC1CC[C@](C=O)(CS(=O)(=O)O)C1(C)C. The second-order valence-electron chi connectivity index (χ2n) is 5.37. The van der Waals surface area contributed by atoms with Gasteiger partial charge in [-0.05, 0) is 24.2 Å². The Morgan fingerprint density at radius 1 is 1.44 bits per heavy atom. The van der Waals surface area contributed by atoms with E-state index in [0.717, 1.165) is 19.1 Å². The fourth-order valence-corrected chi connectivity index (χ4v) is 4.30. The summed E-state index contributed by atoms with van der Waals surface area (Å²) in [5.74, 6) is -0.119. The average molecular weight is 248 g/mol. The van der Waals surface area contributed by atoms with Gasteiger partial charge in [0.05, 0.1) is 5.75 Å². The van der Waals surface area contributed by atoms with Crippen molar-refractivity contribution in [3.05, 3.63) is 0 Å². The molecule has 1 aliphatic carbocycles. The zero-order valence-electron chi connectivity index (χ0n) is 10.1. The van der Waals surface area contributed by atoms with Crippen LogP contribution < -0.4 is 0 Å². The molecule has 1 saturated carbocycles. The largest absolute Gasteiger partial charge is 0.303 e. The van der Waals surface area contributed by atoms with Crippen molar-refractivity contribution < 1.29 is 17.8 Å². The summed E-state index contributed by atoms with van der Waals surface area (Å²) >= 11 is 0. The van der Waals surface area contributed by atoms with Gasteiger partial charge in [0.1, 0.15) is 6.29 Å². The van der Waals surface area contributed by atoms with Crippen LogP contribution in [0.25, 0.3) is 0 Å². The van der Waals surface area contributed by atoms with Crippen LogP contribution in [0.5, 0.6) is 0 Å². The summed E-state index contributed by atoms with van der Waals surface area (Å²) in [6, 6.07) is 0. The van der Waals surface area contributed by atoms with Crippen LogP contribution in [-0.4, -0.2) is 25.0 Å². The lowest BCUT2D eigenvalue weighted by Gasteiger charge is -2.39. The molecular weight excluding hydrogens is 228 g/mol. The molecule has 0 saturated heterocycles. The lowest BCUT2D eigenvalue weighted by molar-refractivity contribution is -0.120. The maximum atomic E-state index is 11.3. The summed E-state index contributed by atoms with van der Waals surface area (Å²) in [5, 5.41) is 0. The summed E-state index contributed by atoms with van der Waals surface area (Å²) in [7, 11) is -4.11. The molecule has 94 valence electrons. The topological polar surface area (TPSA) is 71.4 Å². The molecule has 5 heteroatoms. The number of carbonyl (C=O) groups is 1.